The summed E-state index contributed by atoms with van der Waals surface area (Å²) < 4.78 is 18.0. The Morgan fingerprint density at radius 1 is 1.06 bits per heavy atom. The minimum atomic E-state index is -0.593. The van der Waals surface area contributed by atoms with E-state index in [9.17, 15) is 14.4 Å². The molecule has 1 atom stereocenters. The van der Waals surface area contributed by atoms with Crippen molar-refractivity contribution in [3.05, 3.63) is 59.7 Å². The van der Waals surface area contributed by atoms with Gasteiger partial charge in [0.1, 0.15) is 23.2 Å². The van der Waals surface area contributed by atoms with Crippen LogP contribution in [0.3, 0.4) is 0 Å². The van der Waals surface area contributed by atoms with Crippen molar-refractivity contribution >= 4 is 17.6 Å². The maximum absolute atomic E-state index is 12.8. The quantitative estimate of drug-likeness (QED) is 0.672. The van der Waals surface area contributed by atoms with Gasteiger partial charge in [-0.15, -0.1) is 0 Å². The molecule has 3 aliphatic heterocycles. The van der Waals surface area contributed by atoms with Crippen molar-refractivity contribution in [3.63, 3.8) is 0 Å². The monoisotopic (exact) mass is 478 g/mol. The number of fused-ring (bicyclic) bond motifs is 1. The minimum absolute atomic E-state index is 0.0328. The number of amides is 2. The van der Waals surface area contributed by atoms with Crippen molar-refractivity contribution in [1.29, 1.82) is 0 Å². The molecule has 1 spiro atoms. The van der Waals surface area contributed by atoms with Crippen LogP contribution in [-0.4, -0.2) is 72.4 Å². The predicted molar refractivity (Wildman–Crippen MR) is 127 cm³/mol. The highest BCUT2D eigenvalue weighted by atomic mass is 16.5. The Morgan fingerprint density at radius 2 is 1.83 bits per heavy atom. The predicted octanol–water partition coefficient (Wildman–Crippen LogP) is 3.01. The van der Waals surface area contributed by atoms with E-state index in [-0.39, 0.29) is 30.3 Å². The molecule has 0 aromatic heterocycles. The van der Waals surface area contributed by atoms with Crippen LogP contribution in [0, 0.1) is 0 Å². The van der Waals surface area contributed by atoms with Crippen LogP contribution in [0.25, 0.3) is 0 Å². The second-order valence-electron chi connectivity index (χ2n) is 9.45. The first kappa shape index (κ1) is 23.4. The topological polar surface area (TPSA) is 85.4 Å². The van der Waals surface area contributed by atoms with Crippen molar-refractivity contribution in [3.8, 4) is 11.5 Å². The summed E-state index contributed by atoms with van der Waals surface area (Å²) in [7, 11) is 0. The van der Waals surface area contributed by atoms with E-state index in [0.717, 1.165) is 5.56 Å². The molecule has 0 N–H and O–H groups in total. The molecule has 2 aromatic carbocycles. The van der Waals surface area contributed by atoms with Crippen molar-refractivity contribution in [2.24, 2.45) is 0 Å². The number of hydrogen-bond donors (Lipinski definition) is 0. The van der Waals surface area contributed by atoms with Gasteiger partial charge in [-0.2, -0.15) is 0 Å². The Balaban J connectivity index is 1.21. The summed E-state index contributed by atoms with van der Waals surface area (Å²) in [5, 5.41) is 0. The molecule has 2 fully saturated rings. The SMILES string of the molecule is CC(=O)N1CCC2(CC1)CC(=O)c1ccc(OCC(=O)N3CCO[C@H](c4ccccc4)C3)cc1O2. The van der Waals surface area contributed by atoms with Gasteiger partial charge in [-0.05, 0) is 17.7 Å². The van der Waals surface area contributed by atoms with Crippen molar-refractivity contribution < 1.29 is 28.6 Å². The molecular formula is C27H30N2O6. The number of Topliss-reactive ketones (excluding diaryl/α,β-unsaturated/α-hetero) is 1. The molecule has 0 unspecified atom stereocenters. The van der Waals surface area contributed by atoms with Crippen molar-refractivity contribution in [1.82, 2.24) is 9.80 Å². The van der Waals surface area contributed by atoms with Gasteiger partial charge in [0.25, 0.3) is 5.91 Å². The number of ketones is 1. The van der Waals surface area contributed by atoms with E-state index in [1.165, 1.54) is 0 Å². The molecule has 8 nitrogen and oxygen atoms in total. The maximum atomic E-state index is 12.8. The molecule has 2 aromatic rings. The third-order valence-corrected chi connectivity index (χ3v) is 7.14. The van der Waals surface area contributed by atoms with Crippen molar-refractivity contribution in [2.45, 2.75) is 37.9 Å². The number of likely N-dealkylation sites (tertiary alicyclic amines) is 1. The zero-order valence-electron chi connectivity index (χ0n) is 19.9. The zero-order chi connectivity index (χ0) is 24.4. The number of benzene rings is 2. The van der Waals surface area contributed by atoms with Gasteiger partial charge in [0.15, 0.2) is 12.4 Å². The lowest BCUT2D eigenvalue weighted by Gasteiger charge is -2.43. The fraction of sp³-hybridized carbons (Fsp3) is 0.444. The molecule has 2 saturated heterocycles. The Hall–Kier alpha value is -3.39. The molecule has 0 radical (unpaired) electrons. The van der Waals surface area contributed by atoms with E-state index >= 15 is 0 Å². The molecular weight excluding hydrogens is 448 g/mol. The molecule has 3 heterocycles. The summed E-state index contributed by atoms with van der Waals surface area (Å²) in [6.45, 7) is 4.08. The molecule has 0 bridgehead atoms. The Labute approximate surface area is 204 Å². The number of morpholine rings is 1. The third-order valence-electron chi connectivity index (χ3n) is 7.14. The fourth-order valence-electron chi connectivity index (χ4n) is 5.05. The Morgan fingerprint density at radius 3 is 2.57 bits per heavy atom. The third kappa shape index (κ3) is 5.03. The first-order valence-corrected chi connectivity index (χ1v) is 12.1. The van der Waals surface area contributed by atoms with Gasteiger partial charge in [0, 0.05) is 45.5 Å². The number of hydrogen-bond acceptors (Lipinski definition) is 6. The van der Waals surface area contributed by atoms with Crippen LogP contribution in [0.5, 0.6) is 11.5 Å². The summed E-state index contributed by atoms with van der Waals surface area (Å²) in [4.78, 5) is 40.9. The van der Waals surface area contributed by atoms with E-state index in [4.69, 9.17) is 14.2 Å². The lowest BCUT2D eigenvalue weighted by atomic mass is 9.82. The van der Waals surface area contributed by atoms with E-state index in [0.29, 0.717) is 69.1 Å². The average molecular weight is 479 g/mol. The fourth-order valence-corrected chi connectivity index (χ4v) is 5.05. The number of nitrogens with zero attached hydrogens (tertiary/aromatic N) is 2. The summed E-state index contributed by atoms with van der Waals surface area (Å²) in [6, 6.07) is 15.0. The highest BCUT2D eigenvalue weighted by Gasteiger charge is 2.43. The van der Waals surface area contributed by atoms with Crippen LogP contribution in [0.2, 0.25) is 0 Å². The number of rotatable bonds is 4. The summed E-state index contributed by atoms with van der Waals surface area (Å²) >= 11 is 0. The number of carbonyl (C=O) groups excluding carboxylic acids is 3. The van der Waals surface area contributed by atoms with Crippen LogP contribution in [-0.2, 0) is 14.3 Å². The average Bonchev–Trinajstić information content (AvgIpc) is 2.88. The highest BCUT2D eigenvalue weighted by Crippen LogP contribution is 2.40. The number of piperidine rings is 1. The van der Waals surface area contributed by atoms with Gasteiger partial charge < -0.3 is 24.0 Å². The normalized spacial score (nSPS) is 21.3. The van der Waals surface area contributed by atoms with Gasteiger partial charge in [0.2, 0.25) is 5.91 Å². The van der Waals surface area contributed by atoms with Gasteiger partial charge in [-0.3, -0.25) is 14.4 Å². The van der Waals surface area contributed by atoms with Crippen LogP contribution >= 0.6 is 0 Å². The number of ether oxygens (including phenoxy) is 3. The van der Waals surface area contributed by atoms with Crippen LogP contribution < -0.4 is 9.47 Å². The van der Waals surface area contributed by atoms with Crippen molar-refractivity contribution in [2.75, 3.05) is 39.4 Å². The van der Waals surface area contributed by atoms with Crippen LogP contribution in [0.15, 0.2) is 48.5 Å². The summed E-state index contributed by atoms with van der Waals surface area (Å²) in [5.74, 6) is 0.925. The van der Waals surface area contributed by atoms with Crippen LogP contribution in [0.4, 0.5) is 0 Å². The smallest absolute Gasteiger partial charge is 0.260 e. The second kappa shape index (κ2) is 9.70. The highest BCUT2D eigenvalue weighted by molar-refractivity contribution is 6.00. The van der Waals surface area contributed by atoms with Crippen LogP contribution in [0.1, 0.15) is 48.2 Å². The molecule has 8 heteroatoms. The zero-order valence-corrected chi connectivity index (χ0v) is 19.9. The second-order valence-corrected chi connectivity index (χ2v) is 9.45. The van der Waals surface area contributed by atoms with Gasteiger partial charge >= 0.3 is 0 Å². The lowest BCUT2D eigenvalue weighted by Crippen LogP contribution is -2.51. The maximum Gasteiger partial charge on any atom is 0.260 e. The molecule has 5 rings (SSSR count). The van der Waals surface area contributed by atoms with E-state index < -0.39 is 5.60 Å². The molecule has 3 aliphatic rings. The van der Waals surface area contributed by atoms with Gasteiger partial charge in [-0.25, -0.2) is 0 Å². The largest absolute Gasteiger partial charge is 0.486 e. The minimum Gasteiger partial charge on any atom is -0.486 e. The van der Waals surface area contributed by atoms with E-state index in [1.807, 2.05) is 30.3 Å². The van der Waals surface area contributed by atoms with Gasteiger partial charge in [0.05, 0.1) is 25.1 Å². The van der Waals surface area contributed by atoms with Gasteiger partial charge in [-0.1, -0.05) is 30.3 Å². The summed E-state index contributed by atoms with van der Waals surface area (Å²) in [5.41, 5.74) is 0.984. The lowest BCUT2D eigenvalue weighted by molar-refractivity contribution is -0.141. The van der Waals surface area contributed by atoms with E-state index in [2.05, 4.69) is 0 Å². The standard InChI is InChI=1S/C27H30N2O6/c1-19(30)28-11-9-27(10-12-28)16-23(31)22-8-7-21(15-24(22)35-27)34-18-26(32)29-13-14-33-25(17-29)20-5-3-2-4-6-20/h2-8,15,25H,9-14,16-18H2,1H3/t25-/m0/s1. The molecule has 184 valence electrons. The Kier molecular flexibility index (Phi) is 6.47. The molecule has 35 heavy (non-hydrogen) atoms. The number of carbonyl (C=O) groups is 3. The van der Waals surface area contributed by atoms with E-state index in [1.54, 1.807) is 34.9 Å². The molecule has 2 amide bonds. The first-order valence-electron chi connectivity index (χ1n) is 12.1. The Bertz CT molecular complexity index is 1110. The summed E-state index contributed by atoms with van der Waals surface area (Å²) in [6.07, 6.45) is 1.38. The molecule has 0 saturated carbocycles. The first-order chi connectivity index (χ1) is 16.9. The molecule has 0 aliphatic carbocycles.